The second-order valence-corrected chi connectivity index (χ2v) is 3.08. The molecule has 0 unspecified atom stereocenters. The van der Waals surface area contributed by atoms with Gasteiger partial charge in [0.2, 0.25) is 5.88 Å². The first kappa shape index (κ1) is 10.4. The minimum absolute atomic E-state index is 0.00367. The van der Waals surface area contributed by atoms with Crippen LogP contribution in [0.2, 0.25) is 0 Å². The van der Waals surface area contributed by atoms with Crippen LogP contribution >= 0.6 is 0 Å². The zero-order valence-corrected chi connectivity index (χ0v) is 8.33. The van der Waals surface area contributed by atoms with Crippen molar-refractivity contribution >= 4 is 5.88 Å². The van der Waals surface area contributed by atoms with Gasteiger partial charge in [0.05, 0.1) is 18.9 Å². The average Bonchev–Trinajstić information content (AvgIpc) is 2.64. The van der Waals surface area contributed by atoms with Crippen molar-refractivity contribution < 1.29 is 18.0 Å². The Morgan fingerprint density at radius 1 is 1.31 bits per heavy atom. The van der Waals surface area contributed by atoms with E-state index in [1.807, 2.05) is 0 Å². The van der Waals surface area contributed by atoms with E-state index in [2.05, 4.69) is 14.4 Å². The van der Waals surface area contributed by atoms with Crippen molar-refractivity contribution in [2.24, 2.45) is 0 Å². The van der Waals surface area contributed by atoms with E-state index in [1.165, 1.54) is 13.3 Å². The molecule has 0 aliphatic heterocycles. The van der Waals surface area contributed by atoms with Gasteiger partial charge in [0.15, 0.2) is 17.4 Å². The minimum Gasteiger partial charge on any atom is -0.491 e. The van der Waals surface area contributed by atoms with E-state index in [1.54, 1.807) is 0 Å². The zero-order chi connectivity index (χ0) is 11.7. The highest BCUT2D eigenvalue weighted by molar-refractivity contribution is 5.72. The summed E-state index contributed by atoms with van der Waals surface area (Å²) in [6.07, 6.45) is 1.29. The molecule has 0 radical (unpaired) electrons. The number of nitrogens with two attached hydrogens (primary N) is 1. The normalized spacial score (nSPS) is 10.4. The van der Waals surface area contributed by atoms with E-state index in [0.29, 0.717) is 5.56 Å². The van der Waals surface area contributed by atoms with E-state index in [9.17, 15) is 8.78 Å². The van der Waals surface area contributed by atoms with E-state index in [0.717, 1.165) is 12.1 Å². The van der Waals surface area contributed by atoms with Gasteiger partial charge in [0.25, 0.3) is 0 Å². The minimum atomic E-state index is -0.807. The molecule has 16 heavy (non-hydrogen) atoms. The maximum atomic E-state index is 13.4. The van der Waals surface area contributed by atoms with Gasteiger partial charge in [-0.15, -0.1) is 0 Å². The predicted octanol–water partition coefficient (Wildman–Crippen LogP) is 2.21. The second kappa shape index (κ2) is 3.80. The molecule has 0 spiro atoms. The highest BCUT2D eigenvalue weighted by Gasteiger charge is 2.15. The number of aromatic nitrogens is 1. The van der Waals surface area contributed by atoms with Gasteiger partial charge < -0.3 is 15.0 Å². The molecule has 4 nitrogen and oxygen atoms in total. The molecule has 1 aromatic carbocycles. The maximum absolute atomic E-state index is 13.4. The molecule has 0 saturated heterocycles. The summed E-state index contributed by atoms with van der Waals surface area (Å²) in [7, 11) is 1.19. The van der Waals surface area contributed by atoms with Gasteiger partial charge in [0, 0.05) is 0 Å². The summed E-state index contributed by atoms with van der Waals surface area (Å²) in [5.41, 5.74) is 6.02. The smallest absolute Gasteiger partial charge is 0.229 e. The molecular formula is C10H8F2N2O2. The summed E-state index contributed by atoms with van der Waals surface area (Å²) >= 11 is 0. The molecule has 0 bridgehead atoms. The van der Waals surface area contributed by atoms with Gasteiger partial charge in [-0.05, 0) is 17.7 Å². The zero-order valence-electron chi connectivity index (χ0n) is 8.33. The second-order valence-electron chi connectivity index (χ2n) is 3.08. The fourth-order valence-corrected chi connectivity index (χ4v) is 1.38. The number of ether oxygens (including phenoxy) is 1. The first-order valence-electron chi connectivity index (χ1n) is 4.37. The highest BCUT2D eigenvalue weighted by Crippen LogP contribution is 2.31. The van der Waals surface area contributed by atoms with Crippen LogP contribution in [0.25, 0.3) is 11.1 Å². The van der Waals surface area contributed by atoms with Crippen LogP contribution in [0.1, 0.15) is 0 Å². The van der Waals surface area contributed by atoms with Gasteiger partial charge in [0.1, 0.15) is 0 Å². The summed E-state index contributed by atoms with van der Waals surface area (Å²) in [4.78, 5) is 0. The number of methoxy groups -OCH3 is 1. The third-order valence-corrected chi connectivity index (χ3v) is 2.11. The van der Waals surface area contributed by atoms with Crippen LogP contribution in [0, 0.1) is 11.6 Å². The third-order valence-electron chi connectivity index (χ3n) is 2.11. The molecule has 1 aromatic heterocycles. The van der Waals surface area contributed by atoms with Crippen molar-refractivity contribution in [2.75, 3.05) is 12.8 Å². The Kier molecular flexibility index (Phi) is 2.47. The molecule has 84 valence electrons. The van der Waals surface area contributed by atoms with Crippen LogP contribution in [0.15, 0.2) is 22.9 Å². The lowest BCUT2D eigenvalue weighted by atomic mass is 10.1. The standard InChI is InChI=1S/C10H8F2N2O2/c1-15-9-7(11)2-5(3-8(9)12)6-4-14-16-10(6)13/h2-4H,13H2,1H3. The molecular weight excluding hydrogens is 218 g/mol. The van der Waals surface area contributed by atoms with E-state index >= 15 is 0 Å². The molecule has 6 heteroatoms. The van der Waals surface area contributed by atoms with E-state index in [4.69, 9.17) is 5.73 Å². The van der Waals surface area contributed by atoms with E-state index in [-0.39, 0.29) is 11.4 Å². The van der Waals surface area contributed by atoms with Crippen LogP contribution in [0.4, 0.5) is 14.7 Å². The molecule has 0 amide bonds. The number of anilines is 1. The summed E-state index contributed by atoms with van der Waals surface area (Å²) in [5, 5.41) is 3.42. The number of halogens is 2. The van der Waals surface area contributed by atoms with Crippen LogP contribution in [0.5, 0.6) is 5.75 Å². The van der Waals surface area contributed by atoms with Gasteiger partial charge in [-0.2, -0.15) is 0 Å². The molecule has 0 fully saturated rings. The Bertz CT molecular complexity index is 502. The number of hydrogen-bond donors (Lipinski definition) is 1. The molecule has 2 rings (SSSR count). The third kappa shape index (κ3) is 1.58. The van der Waals surface area contributed by atoms with Crippen LogP contribution < -0.4 is 10.5 Å². The highest BCUT2D eigenvalue weighted by atomic mass is 19.1. The summed E-state index contributed by atoms with van der Waals surface area (Å²) in [6, 6.07) is 2.20. The monoisotopic (exact) mass is 226 g/mol. The fraction of sp³-hybridized carbons (Fsp3) is 0.100. The molecule has 0 aliphatic carbocycles. The molecule has 1 heterocycles. The molecule has 0 atom stereocenters. The SMILES string of the molecule is COc1c(F)cc(-c2cnoc2N)cc1F. The summed E-state index contributed by atoms with van der Waals surface area (Å²) < 4.78 is 35.9. The lowest BCUT2D eigenvalue weighted by Gasteiger charge is -2.05. The maximum Gasteiger partial charge on any atom is 0.229 e. The largest absolute Gasteiger partial charge is 0.491 e. The molecule has 2 aromatic rings. The van der Waals surface area contributed by atoms with Crippen molar-refractivity contribution in [3.05, 3.63) is 30.0 Å². The quantitative estimate of drug-likeness (QED) is 0.852. The van der Waals surface area contributed by atoms with Gasteiger partial charge in [-0.1, -0.05) is 5.16 Å². The Hall–Kier alpha value is -2.11. The van der Waals surface area contributed by atoms with E-state index < -0.39 is 17.4 Å². The number of rotatable bonds is 2. The summed E-state index contributed by atoms with van der Waals surface area (Å²) in [5.74, 6) is -2.04. The van der Waals surface area contributed by atoms with Crippen molar-refractivity contribution in [3.8, 4) is 16.9 Å². The average molecular weight is 226 g/mol. The van der Waals surface area contributed by atoms with Crippen molar-refractivity contribution in [2.45, 2.75) is 0 Å². The van der Waals surface area contributed by atoms with Gasteiger partial charge in [-0.25, -0.2) is 8.78 Å². The van der Waals surface area contributed by atoms with Crippen molar-refractivity contribution in [3.63, 3.8) is 0 Å². The fourth-order valence-electron chi connectivity index (χ4n) is 1.38. The van der Waals surface area contributed by atoms with Crippen LogP contribution in [-0.4, -0.2) is 12.3 Å². The van der Waals surface area contributed by atoms with Gasteiger partial charge >= 0.3 is 0 Å². The molecule has 0 saturated carbocycles. The van der Waals surface area contributed by atoms with Crippen molar-refractivity contribution in [1.82, 2.24) is 5.16 Å². The van der Waals surface area contributed by atoms with Crippen LogP contribution in [0.3, 0.4) is 0 Å². The van der Waals surface area contributed by atoms with Crippen LogP contribution in [-0.2, 0) is 0 Å². The Morgan fingerprint density at radius 3 is 2.38 bits per heavy atom. The first-order valence-corrected chi connectivity index (χ1v) is 4.37. The summed E-state index contributed by atoms with van der Waals surface area (Å²) in [6.45, 7) is 0. The Balaban J connectivity index is 2.57. The van der Waals surface area contributed by atoms with Gasteiger partial charge in [-0.3, -0.25) is 0 Å². The Morgan fingerprint density at radius 2 is 1.94 bits per heavy atom. The lowest BCUT2D eigenvalue weighted by molar-refractivity contribution is 0.360. The number of hydrogen-bond acceptors (Lipinski definition) is 4. The first-order chi connectivity index (χ1) is 7.63. The number of benzene rings is 1. The molecule has 2 N–H and O–H groups in total. The Labute approximate surface area is 89.6 Å². The molecule has 0 aliphatic rings. The lowest BCUT2D eigenvalue weighted by Crippen LogP contribution is -1.94. The van der Waals surface area contributed by atoms with Crippen molar-refractivity contribution in [1.29, 1.82) is 0 Å². The number of nitrogen functional groups attached to an aromatic ring is 1. The predicted molar refractivity (Wildman–Crippen MR) is 52.8 cm³/mol. The topological polar surface area (TPSA) is 61.3 Å². The number of nitrogens with zero attached hydrogens (tertiary/aromatic N) is 1.